The van der Waals surface area contributed by atoms with Gasteiger partial charge in [-0.3, -0.25) is 4.79 Å². The molecule has 1 amide bonds. The molecule has 4 nitrogen and oxygen atoms in total. The van der Waals surface area contributed by atoms with Crippen LogP contribution in [0.1, 0.15) is 15.9 Å². The van der Waals surface area contributed by atoms with Crippen molar-refractivity contribution in [1.29, 1.82) is 0 Å². The van der Waals surface area contributed by atoms with E-state index in [0.717, 1.165) is 28.5 Å². The molecule has 5 aromatic rings. The first-order chi connectivity index (χ1) is 16.0. The summed E-state index contributed by atoms with van der Waals surface area (Å²) in [5.74, 6) is -1.08. The maximum atomic E-state index is 14.5. The predicted octanol–water partition coefficient (Wildman–Crippen LogP) is 5.70. The van der Waals surface area contributed by atoms with E-state index in [1.807, 2.05) is 47.0 Å². The smallest absolute Gasteiger partial charge is 0.249 e. The van der Waals surface area contributed by atoms with Gasteiger partial charge in [0.15, 0.2) is 0 Å². The van der Waals surface area contributed by atoms with Gasteiger partial charge in [0.05, 0.1) is 24.7 Å². The van der Waals surface area contributed by atoms with Gasteiger partial charge in [-0.1, -0.05) is 24.3 Å². The summed E-state index contributed by atoms with van der Waals surface area (Å²) in [6, 6.07) is 23.5. The second-order valence-electron chi connectivity index (χ2n) is 7.76. The van der Waals surface area contributed by atoms with Crippen LogP contribution >= 0.6 is 0 Å². The maximum Gasteiger partial charge on any atom is 0.249 e. The molecule has 163 valence electrons. The molecule has 0 fully saturated rings. The first-order valence-corrected chi connectivity index (χ1v) is 10.3. The molecule has 0 atom stereocenters. The van der Waals surface area contributed by atoms with Crippen LogP contribution < -0.4 is 10.5 Å². The van der Waals surface area contributed by atoms with Gasteiger partial charge in [-0.05, 0) is 59.7 Å². The molecule has 0 aliphatic carbocycles. The van der Waals surface area contributed by atoms with Crippen molar-refractivity contribution in [3.05, 3.63) is 102 Å². The molecular formula is C27H19F2N2O2. The molecule has 0 bridgehead atoms. The molecule has 0 spiro atoms. The molecule has 0 aliphatic heterocycles. The van der Waals surface area contributed by atoms with Crippen LogP contribution in [0.4, 0.5) is 8.78 Å². The van der Waals surface area contributed by atoms with E-state index in [2.05, 4.69) is 6.07 Å². The average Bonchev–Trinajstić information content (AvgIpc) is 3.13. The lowest BCUT2D eigenvalue weighted by atomic mass is 10.0. The lowest BCUT2D eigenvalue weighted by Crippen LogP contribution is -2.11. The zero-order chi connectivity index (χ0) is 23.1. The number of ether oxygens (including phenoxy) is 1. The third-order valence-electron chi connectivity index (χ3n) is 5.83. The van der Waals surface area contributed by atoms with Gasteiger partial charge in [0.25, 0.3) is 0 Å². The fourth-order valence-electron chi connectivity index (χ4n) is 4.20. The molecule has 0 saturated heterocycles. The topological polar surface area (TPSA) is 57.2 Å². The number of fused-ring (bicyclic) bond motifs is 3. The van der Waals surface area contributed by atoms with Crippen molar-refractivity contribution in [2.45, 2.75) is 6.54 Å². The minimum atomic E-state index is -0.635. The van der Waals surface area contributed by atoms with Crippen molar-refractivity contribution < 1.29 is 18.3 Å². The number of amides is 1. The van der Waals surface area contributed by atoms with E-state index in [-0.39, 0.29) is 6.54 Å². The van der Waals surface area contributed by atoms with Crippen LogP contribution in [0.25, 0.3) is 32.9 Å². The molecule has 4 aromatic carbocycles. The number of rotatable bonds is 5. The van der Waals surface area contributed by atoms with Gasteiger partial charge >= 0.3 is 0 Å². The Hall–Kier alpha value is -4.19. The summed E-state index contributed by atoms with van der Waals surface area (Å²) >= 11 is 0. The largest absolute Gasteiger partial charge is 0.497 e. The molecule has 5 rings (SSSR count). The highest BCUT2D eigenvalue weighted by atomic mass is 19.1. The Morgan fingerprint density at radius 2 is 1.79 bits per heavy atom. The van der Waals surface area contributed by atoms with Gasteiger partial charge in [-0.15, -0.1) is 0 Å². The number of methoxy groups -OCH3 is 1. The number of halogens is 2. The zero-order valence-corrected chi connectivity index (χ0v) is 17.7. The fourth-order valence-corrected chi connectivity index (χ4v) is 4.20. The van der Waals surface area contributed by atoms with Crippen molar-refractivity contribution in [3.8, 4) is 16.9 Å². The van der Waals surface area contributed by atoms with Crippen molar-refractivity contribution in [2.24, 2.45) is 5.73 Å². The van der Waals surface area contributed by atoms with Crippen LogP contribution in [0.5, 0.6) is 5.75 Å². The predicted molar refractivity (Wildman–Crippen MR) is 124 cm³/mol. The lowest BCUT2D eigenvalue weighted by molar-refractivity contribution is 0.100. The molecule has 33 heavy (non-hydrogen) atoms. The first kappa shape index (κ1) is 20.7. The summed E-state index contributed by atoms with van der Waals surface area (Å²) in [5.41, 5.74) is 9.67. The Balaban J connectivity index is 1.77. The number of hydrogen-bond acceptors (Lipinski definition) is 2. The van der Waals surface area contributed by atoms with Crippen LogP contribution in [-0.2, 0) is 6.54 Å². The molecule has 1 aromatic heterocycles. The van der Waals surface area contributed by atoms with Crippen molar-refractivity contribution in [2.75, 3.05) is 7.11 Å². The Morgan fingerprint density at radius 1 is 1.00 bits per heavy atom. The number of carbonyl (C=O) groups is 1. The minimum absolute atomic E-state index is 0.147. The maximum absolute atomic E-state index is 14.5. The number of nitrogens with zero attached hydrogens (tertiary/aromatic N) is 1. The van der Waals surface area contributed by atoms with E-state index in [1.165, 1.54) is 12.1 Å². The van der Waals surface area contributed by atoms with Gasteiger partial charge in [0, 0.05) is 28.0 Å². The number of carbonyl (C=O) groups excluding carboxylic acids is 1. The van der Waals surface area contributed by atoms with Gasteiger partial charge in [0.1, 0.15) is 17.4 Å². The third-order valence-corrected chi connectivity index (χ3v) is 5.83. The summed E-state index contributed by atoms with van der Waals surface area (Å²) in [6.07, 6.45) is 0. The van der Waals surface area contributed by atoms with Crippen LogP contribution in [0.2, 0.25) is 0 Å². The van der Waals surface area contributed by atoms with E-state index in [4.69, 9.17) is 10.5 Å². The fraction of sp³-hybridized carbons (Fsp3) is 0.0741. The lowest BCUT2D eigenvalue weighted by Gasteiger charge is -2.10. The van der Waals surface area contributed by atoms with E-state index in [0.29, 0.717) is 27.4 Å². The molecule has 0 aliphatic rings. The van der Waals surface area contributed by atoms with Gasteiger partial charge in [-0.25, -0.2) is 8.78 Å². The summed E-state index contributed by atoms with van der Waals surface area (Å²) in [5, 5.41) is 1.36. The number of aromatic nitrogens is 1. The van der Waals surface area contributed by atoms with Gasteiger partial charge < -0.3 is 15.0 Å². The Labute approximate surface area is 188 Å². The highest BCUT2D eigenvalue weighted by Crippen LogP contribution is 2.35. The minimum Gasteiger partial charge on any atom is -0.497 e. The molecule has 0 saturated carbocycles. The number of nitrogens with two attached hydrogens (primary N) is 1. The van der Waals surface area contributed by atoms with Gasteiger partial charge in [0.2, 0.25) is 5.91 Å². The monoisotopic (exact) mass is 441 g/mol. The molecule has 1 heterocycles. The molecule has 2 N–H and O–H groups in total. The third kappa shape index (κ3) is 3.59. The van der Waals surface area contributed by atoms with Crippen LogP contribution in [0.15, 0.2) is 72.8 Å². The highest BCUT2D eigenvalue weighted by molar-refractivity contribution is 6.18. The van der Waals surface area contributed by atoms with Crippen molar-refractivity contribution in [3.63, 3.8) is 0 Å². The standard InChI is InChI=1S/C27H19F2N2O2/c1-33-20-10-6-16(7-11-20)17-8-12-21-25(13-17)31(15-18-5-9-19(28)14-23(18)29)24-4-2-3-22(26(21)24)27(30)32/h2-11,13-14H,15H2,1H3,(H2,30,32). The normalized spacial score (nSPS) is 11.2. The molecular weight excluding hydrogens is 422 g/mol. The number of primary amides is 1. The number of hydrogen-bond donors (Lipinski definition) is 1. The SMILES string of the molecule is COc1ccc(-c2c[c]c3c4c(C(N)=O)cccc4n(Cc4ccc(F)cc4F)c3c2)cc1. The van der Waals surface area contributed by atoms with E-state index in [1.54, 1.807) is 19.2 Å². The number of benzene rings is 4. The average molecular weight is 441 g/mol. The summed E-state index contributed by atoms with van der Waals surface area (Å²) in [6.45, 7) is 0.147. The molecule has 1 radical (unpaired) electrons. The second-order valence-corrected chi connectivity index (χ2v) is 7.76. The Bertz CT molecular complexity index is 1520. The second kappa shape index (κ2) is 8.06. The van der Waals surface area contributed by atoms with Crippen LogP contribution in [0.3, 0.4) is 0 Å². The summed E-state index contributed by atoms with van der Waals surface area (Å²) in [7, 11) is 1.61. The first-order valence-electron chi connectivity index (χ1n) is 10.3. The van der Waals surface area contributed by atoms with Crippen LogP contribution in [-0.4, -0.2) is 17.6 Å². The molecule has 0 unspecified atom stereocenters. The van der Waals surface area contributed by atoms with Crippen molar-refractivity contribution >= 4 is 27.7 Å². The zero-order valence-electron chi connectivity index (χ0n) is 17.7. The quantitative estimate of drug-likeness (QED) is 0.381. The Morgan fingerprint density at radius 3 is 2.48 bits per heavy atom. The van der Waals surface area contributed by atoms with E-state index >= 15 is 0 Å². The van der Waals surface area contributed by atoms with Crippen LogP contribution in [0, 0.1) is 17.7 Å². The van der Waals surface area contributed by atoms with Crippen molar-refractivity contribution in [1.82, 2.24) is 4.57 Å². The van der Waals surface area contributed by atoms with E-state index < -0.39 is 17.5 Å². The summed E-state index contributed by atoms with van der Waals surface area (Å²) in [4.78, 5) is 12.2. The van der Waals surface area contributed by atoms with E-state index in [9.17, 15) is 13.6 Å². The summed E-state index contributed by atoms with van der Waals surface area (Å²) < 4.78 is 35.1. The Kier molecular flexibility index (Phi) is 5.05. The molecule has 6 heteroatoms. The van der Waals surface area contributed by atoms with Gasteiger partial charge in [-0.2, -0.15) is 0 Å². The highest BCUT2D eigenvalue weighted by Gasteiger charge is 2.18.